The van der Waals surface area contributed by atoms with Crippen LogP contribution >= 0.6 is 0 Å². The number of aromatic nitrogens is 4. The lowest BCUT2D eigenvalue weighted by molar-refractivity contribution is -0.00697. The van der Waals surface area contributed by atoms with Gasteiger partial charge in [-0.15, -0.1) is 0 Å². The number of carbonyl (C=O) groups is 1. The maximum atomic E-state index is 12.3. The third kappa shape index (κ3) is 2.76. The summed E-state index contributed by atoms with van der Waals surface area (Å²) in [6.07, 6.45) is 5.06. The van der Waals surface area contributed by atoms with Crippen LogP contribution in [0.15, 0.2) is 12.5 Å². The molecule has 0 saturated heterocycles. The van der Waals surface area contributed by atoms with Crippen LogP contribution in [0.1, 0.15) is 47.4 Å². The van der Waals surface area contributed by atoms with Crippen LogP contribution in [-0.2, 0) is 24.6 Å². The molecule has 0 unspecified atom stereocenters. The average Bonchev–Trinajstić information content (AvgIpc) is 3.05. The molecule has 0 bridgehead atoms. The number of rotatable bonds is 4. The van der Waals surface area contributed by atoms with Gasteiger partial charge < -0.3 is 14.6 Å². The van der Waals surface area contributed by atoms with Crippen LogP contribution in [0.3, 0.4) is 0 Å². The smallest absolute Gasteiger partial charge is 0.272 e. The molecule has 1 aliphatic rings. The molecule has 1 amide bonds. The number of imidazole rings is 1. The van der Waals surface area contributed by atoms with Crippen molar-refractivity contribution >= 4 is 5.91 Å². The molecule has 0 spiro atoms. The summed E-state index contributed by atoms with van der Waals surface area (Å²) in [6.45, 7) is 4.54. The van der Waals surface area contributed by atoms with Crippen LogP contribution < -0.4 is 5.32 Å². The van der Waals surface area contributed by atoms with Crippen LogP contribution in [0.4, 0.5) is 0 Å². The fourth-order valence-electron chi connectivity index (χ4n) is 2.87. The van der Waals surface area contributed by atoms with Gasteiger partial charge in [0.15, 0.2) is 5.69 Å². The number of aryl methyl sites for hydroxylation is 1. The van der Waals surface area contributed by atoms with E-state index in [0.29, 0.717) is 18.7 Å². The first-order valence-corrected chi connectivity index (χ1v) is 7.52. The number of carbonyl (C=O) groups excluding carboxylic acids is 1. The number of hydrogen-bond acceptors (Lipinski definition) is 4. The molecule has 0 radical (unpaired) electrons. The molecule has 2 atom stereocenters. The lowest BCUT2D eigenvalue weighted by Gasteiger charge is -2.25. The summed E-state index contributed by atoms with van der Waals surface area (Å²) in [5.41, 5.74) is 3.46. The third-order valence-electron chi connectivity index (χ3n) is 4.03. The van der Waals surface area contributed by atoms with Crippen LogP contribution in [0, 0.1) is 0 Å². The summed E-state index contributed by atoms with van der Waals surface area (Å²) >= 11 is 0. The Kier molecular flexibility index (Phi) is 3.98. The second kappa shape index (κ2) is 5.92. The van der Waals surface area contributed by atoms with Crippen molar-refractivity contribution < 1.29 is 9.53 Å². The van der Waals surface area contributed by atoms with E-state index in [9.17, 15) is 4.79 Å². The highest BCUT2D eigenvalue weighted by Crippen LogP contribution is 2.29. The van der Waals surface area contributed by atoms with E-state index in [1.165, 1.54) is 0 Å². The molecule has 2 aromatic rings. The Hall–Kier alpha value is -2.15. The third-order valence-corrected chi connectivity index (χ3v) is 4.03. The molecule has 3 rings (SSSR count). The molecular weight excluding hydrogens is 282 g/mol. The van der Waals surface area contributed by atoms with E-state index in [0.717, 1.165) is 23.4 Å². The van der Waals surface area contributed by atoms with E-state index in [2.05, 4.69) is 20.5 Å². The highest BCUT2D eigenvalue weighted by Gasteiger charge is 2.29. The van der Waals surface area contributed by atoms with E-state index in [1.54, 1.807) is 6.33 Å². The van der Waals surface area contributed by atoms with Gasteiger partial charge in [0.25, 0.3) is 5.91 Å². The Morgan fingerprint density at radius 1 is 1.55 bits per heavy atom. The van der Waals surface area contributed by atoms with E-state index in [1.807, 2.05) is 31.7 Å². The second-order valence-corrected chi connectivity index (χ2v) is 5.76. The summed E-state index contributed by atoms with van der Waals surface area (Å²) in [5, 5.41) is 10.0. The fourth-order valence-corrected chi connectivity index (χ4v) is 2.87. The molecule has 2 aromatic heterocycles. The number of aromatic amines is 1. The van der Waals surface area contributed by atoms with Crippen molar-refractivity contribution in [2.75, 3.05) is 6.54 Å². The molecule has 118 valence electrons. The first kappa shape index (κ1) is 14.8. The van der Waals surface area contributed by atoms with Crippen molar-refractivity contribution in [2.45, 2.75) is 38.9 Å². The molecule has 0 aromatic carbocycles. The minimum atomic E-state index is -0.138. The number of H-pyrrole nitrogens is 1. The van der Waals surface area contributed by atoms with Gasteiger partial charge in [-0.25, -0.2) is 4.98 Å². The lowest BCUT2D eigenvalue weighted by atomic mass is 9.99. The molecule has 1 aliphatic heterocycles. The Bertz CT molecular complexity index is 675. The van der Waals surface area contributed by atoms with E-state index in [-0.39, 0.29) is 18.1 Å². The number of nitrogens with zero attached hydrogens (tertiary/aromatic N) is 3. The van der Waals surface area contributed by atoms with Crippen LogP contribution in [-0.4, -0.2) is 38.3 Å². The number of fused-ring (bicyclic) bond motifs is 1. The Morgan fingerprint density at radius 2 is 2.36 bits per heavy atom. The van der Waals surface area contributed by atoms with Gasteiger partial charge in [0, 0.05) is 43.9 Å². The van der Waals surface area contributed by atoms with Crippen molar-refractivity contribution in [1.82, 2.24) is 25.1 Å². The maximum Gasteiger partial charge on any atom is 0.272 e. The average molecular weight is 303 g/mol. The van der Waals surface area contributed by atoms with Crippen LogP contribution in [0.25, 0.3) is 0 Å². The first-order chi connectivity index (χ1) is 10.6. The Labute approximate surface area is 129 Å². The largest absolute Gasteiger partial charge is 0.369 e. The minimum absolute atomic E-state index is 0.0535. The highest BCUT2D eigenvalue weighted by atomic mass is 16.5. The number of amides is 1. The van der Waals surface area contributed by atoms with Gasteiger partial charge in [-0.3, -0.25) is 9.89 Å². The predicted molar refractivity (Wildman–Crippen MR) is 80.5 cm³/mol. The first-order valence-electron chi connectivity index (χ1n) is 7.52. The SMILES string of the molecule is C[C@@H]1Cc2c(C(=O)NCCc3cncn3C)n[nH]c2[C@H](C)O1. The monoisotopic (exact) mass is 303 g/mol. The number of nitrogens with one attached hydrogen (secondary N) is 2. The van der Waals surface area contributed by atoms with Gasteiger partial charge in [0.2, 0.25) is 0 Å². The summed E-state index contributed by atoms with van der Waals surface area (Å²) in [6, 6.07) is 0. The summed E-state index contributed by atoms with van der Waals surface area (Å²) in [7, 11) is 1.94. The summed E-state index contributed by atoms with van der Waals surface area (Å²) in [4.78, 5) is 16.4. The fraction of sp³-hybridized carbons (Fsp3) is 0.533. The highest BCUT2D eigenvalue weighted by molar-refractivity contribution is 5.94. The van der Waals surface area contributed by atoms with Gasteiger partial charge in [-0.2, -0.15) is 5.10 Å². The molecule has 0 fully saturated rings. The molecule has 22 heavy (non-hydrogen) atoms. The van der Waals surface area contributed by atoms with E-state index < -0.39 is 0 Å². The van der Waals surface area contributed by atoms with Crippen molar-refractivity contribution in [3.8, 4) is 0 Å². The van der Waals surface area contributed by atoms with Gasteiger partial charge in [0.05, 0.1) is 24.2 Å². The van der Waals surface area contributed by atoms with Crippen molar-refractivity contribution in [3.05, 3.63) is 35.2 Å². The molecular formula is C15H21N5O2. The van der Waals surface area contributed by atoms with Crippen molar-refractivity contribution in [3.63, 3.8) is 0 Å². The minimum Gasteiger partial charge on any atom is -0.369 e. The van der Waals surface area contributed by atoms with Crippen LogP contribution in [0.5, 0.6) is 0 Å². The molecule has 7 nitrogen and oxygen atoms in total. The summed E-state index contributed by atoms with van der Waals surface area (Å²) in [5.74, 6) is -0.138. The zero-order valence-corrected chi connectivity index (χ0v) is 13.1. The molecule has 3 heterocycles. The quantitative estimate of drug-likeness (QED) is 0.887. The second-order valence-electron chi connectivity index (χ2n) is 5.76. The lowest BCUT2D eigenvalue weighted by Crippen LogP contribution is -2.29. The predicted octanol–water partition coefficient (Wildman–Crippen LogP) is 1.14. The van der Waals surface area contributed by atoms with Gasteiger partial charge in [0.1, 0.15) is 0 Å². The van der Waals surface area contributed by atoms with Crippen molar-refractivity contribution in [1.29, 1.82) is 0 Å². The Balaban J connectivity index is 1.65. The summed E-state index contributed by atoms with van der Waals surface area (Å²) < 4.78 is 7.68. The van der Waals surface area contributed by atoms with E-state index in [4.69, 9.17) is 4.74 Å². The van der Waals surface area contributed by atoms with Crippen LogP contribution in [0.2, 0.25) is 0 Å². The topological polar surface area (TPSA) is 84.8 Å². The van der Waals surface area contributed by atoms with E-state index >= 15 is 0 Å². The Morgan fingerprint density at radius 3 is 3.09 bits per heavy atom. The molecule has 0 aliphatic carbocycles. The molecule has 0 saturated carbocycles. The molecule has 2 N–H and O–H groups in total. The van der Waals surface area contributed by atoms with Gasteiger partial charge >= 0.3 is 0 Å². The zero-order chi connectivity index (χ0) is 15.7. The van der Waals surface area contributed by atoms with Gasteiger partial charge in [-0.05, 0) is 13.8 Å². The maximum absolute atomic E-state index is 12.3. The molecule has 7 heteroatoms. The zero-order valence-electron chi connectivity index (χ0n) is 13.1. The van der Waals surface area contributed by atoms with Crippen molar-refractivity contribution in [2.24, 2.45) is 7.05 Å². The van der Waals surface area contributed by atoms with Gasteiger partial charge in [-0.1, -0.05) is 0 Å². The number of hydrogen-bond donors (Lipinski definition) is 2. The number of ether oxygens (including phenoxy) is 1. The standard InChI is InChI=1S/C15H21N5O2/c1-9-6-12-13(10(2)22-9)18-19-14(12)15(21)17-5-4-11-7-16-8-20(11)3/h7-10H,4-6H2,1-3H3,(H,17,21)(H,18,19)/t9-,10+/m1/s1. The normalized spacial score (nSPS) is 20.7.